The van der Waals surface area contributed by atoms with Gasteiger partial charge >= 0.3 is 0 Å². The highest BCUT2D eigenvalue weighted by Crippen LogP contribution is 2.20. The van der Waals surface area contributed by atoms with Crippen LogP contribution in [0.2, 0.25) is 0 Å². The Labute approximate surface area is 318 Å². The number of nitrogens with one attached hydrogen (secondary N) is 4. The zero-order valence-corrected chi connectivity index (χ0v) is 35.4. The van der Waals surface area contributed by atoms with Gasteiger partial charge in [0.2, 0.25) is 18.7 Å². The van der Waals surface area contributed by atoms with E-state index < -0.39 is 12.1 Å². The van der Waals surface area contributed by atoms with Gasteiger partial charge in [0.15, 0.2) is 5.78 Å². The fourth-order valence-electron chi connectivity index (χ4n) is 4.57. The third kappa shape index (κ3) is 27.6. The highest BCUT2D eigenvalue weighted by molar-refractivity contribution is 7.42. The number of ketones is 1. The molecule has 4 N–H and O–H groups in total. The Morgan fingerprint density at radius 2 is 1.52 bits per heavy atom. The Balaban J connectivity index is 0. The van der Waals surface area contributed by atoms with Gasteiger partial charge in [0.1, 0.15) is 11.7 Å². The van der Waals surface area contributed by atoms with Gasteiger partial charge in [-0.1, -0.05) is 121 Å². The second-order valence-corrected chi connectivity index (χ2v) is 15.8. The topological polar surface area (TPSA) is 149 Å². The molecular formula is C40H75N6O5P. The monoisotopic (exact) mass is 751 g/mol. The Kier molecular flexibility index (Phi) is 30.9. The van der Waals surface area contributed by atoms with E-state index in [2.05, 4.69) is 74.4 Å². The molecule has 2 fully saturated rings. The van der Waals surface area contributed by atoms with Crippen LogP contribution in [-0.2, 0) is 24.0 Å². The SMILES string of the molecule is C1CCCCC1.C=C(CNC(=O)C1=CPCC=N1)NC(C)C(C)(C)C.CCC.CCCC(NC(=O)C(CCC)N(C)C=O)C(C)=O.O=CNC1CC1. The summed E-state index contributed by atoms with van der Waals surface area (Å²) in [5.41, 5.74) is 1.49. The molecule has 12 heteroatoms. The highest BCUT2D eigenvalue weighted by Gasteiger charge is 2.25. The van der Waals surface area contributed by atoms with Gasteiger partial charge in [-0.3, -0.25) is 29.0 Å². The summed E-state index contributed by atoms with van der Waals surface area (Å²) >= 11 is 0. The number of hydrogen-bond acceptors (Lipinski definition) is 7. The van der Waals surface area contributed by atoms with Crippen LogP contribution in [0.25, 0.3) is 0 Å². The van der Waals surface area contributed by atoms with E-state index in [-0.39, 0.29) is 23.0 Å². The molecule has 0 radical (unpaired) electrons. The van der Waals surface area contributed by atoms with Crippen LogP contribution in [0.5, 0.6) is 0 Å². The Morgan fingerprint density at radius 3 is 1.88 bits per heavy atom. The quantitative estimate of drug-likeness (QED) is 0.0985. The normalized spacial score (nSPS) is 16.6. The van der Waals surface area contributed by atoms with Crippen LogP contribution in [0.3, 0.4) is 0 Å². The third-order valence-corrected chi connectivity index (χ3v) is 9.28. The van der Waals surface area contributed by atoms with Gasteiger partial charge in [-0.25, -0.2) is 0 Å². The molecule has 2 aliphatic carbocycles. The van der Waals surface area contributed by atoms with Crippen molar-refractivity contribution in [1.82, 2.24) is 26.2 Å². The van der Waals surface area contributed by atoms with Crippen molar-refractivity contribution in [2.75, 3.05) is 19.8 Å². The molecule has 1 heterocycles. The van der Waals surface area contributed by atoms with Crippen LogP contribution in [0.4, 0.5) is 0 Å². The zero-order chi connectivity index (χ0) is 40.0. The van der Waals surface area contributed by atoms with Crippen molar-refractivity contribution in [3.8, 4) is 0 Å². The molecule has 11 nitrogen and oxygen atoms in total. The summed E-state index contributed by atoms with van der Waals surface area (Å²) in [6.07, 6.45) is 19.6. The van der Waals surface area contributed by atoms with E-state index in [4.69, 9.17) is 0 Å². The summed E-state index contributed by atoms with van der Waals surface area (Å²) in [6, 6.07) is -0.110. The minimum absolute atomic E-state index is 0.0470. The number of aliphatic imine (C=N–C) groups is 1. The number of carbonyl (C=O) groups excluding carboxylic acids is 5. The number of hydrogen-bond donors (Lipinski definition) is 4. The van der Waals surface area contributed by atoms with Crippen molar-refractivity contribution in [3.63, 3.8) is 0 Å². The summed E-state index contributed by atoms with van der Waals surface area (Å²) in [6.45, 7) is 22.6. The lowest BCUT2D eigenvalue weighted by Crippen LogP contribution is -2.49. The maximum atomic E-state index is 12.1. The first-order chi connectivity index (χ1) is 24.6. The number of carbonyl (C=O) groups is 5. The van der Waals surface area contributed by atoms with Gasteiger partial charge < -0.3 is 26.2 Å². The van der Waals surface area contributed by atoms with E-state index in [1.807, 2.05) is 19.7 Å². The van der Waals surface area contributed by atoms with Crippen molar-refractivity contribution < 1.29 is 24.0 Å². The predicted octanol–water partition coefficient (Wildman–Crippen LogP) is 7.01. The molecule has 0 aromatic carbocycles. The lowest BCUT2D eigenvalue weighted by atomic mass is 9.88. The average molecular weight is 751 g/mol. The van der Waals surface area contributed by atoms with E-state index in [1.165, 1.54) is 69.6 Å². The van der Waals surface area contributed by atoms with Gasteiger partial charge in [0.05, 0.1) is 12.6 Å². The van der Waals surface area contributed by atoms with E-state index >= 15 is 0 Å². The van der Waals surface area contributed by atoms with Crippen molar-refractivity contribution in [3.05, 3.63) is 23.8 Å². The number of Topliss-reactive ketones (excluding diaryl/α,β-unsaturated/α-hetero) is 1. The molecule has 0 saturated heterocycles. The van der Waals surface area contributed by atoms with Crippen LogP contribution in [0.15, 0.2) is 28.8 Å². The Morgan fingerprint density at radius 1 is 0.981 bits per heavy atom. The van der Waals surface area contributed by atoms with Gasteiger partial charge in [-0.2, -0.15) is 0 Å². The van der Waals surface area contributed by atoms with E-state index in [0.717, 1.165) is 31.1 Å². The Bertz CT molecular complexity index is 1070. The predicted molar refractivity (Wildman–Crippen MR) is 220 cm³/mol. The molecule has 0 spiro atoms. The molecule has 2 saturated carbocycles. The number of likely N-dealkylation sites (N-methyl/N-ethyl adjacent to an activating group) is 1. The lowest BCUT2D eigenvalue weighted by molar-refractivity contribution is -0.134. The number of rotatable bonds is 16. The van der Waals surface area contributed by atoms with Crippen LogP contribution >= 0.6 is 8.58 Å². The maximum Gasteiger partial charge on any atom is 0.270 e. The number of nitrogens with zero attached hydrogens (tertiary/aromatic N) is 2. The summed E-state index contributed by atoms with van der Waals surface area (Å²) in [4.78, 5) is 61.0. The molecule has 0 aromatic heterocycles. The van der Waals surface area contributed by atoms with Crippen LogP contribution in [-0.4, -0.2) is 85.5 Å². The molecule has 4 amide bonds. The van der Waals surface area contributed by atoms with Gasteiger partial charge in [0.25, 0.3) is 5.91 Å². The van der Waals surface area contributed by atoms with E-state index in [9.17, 15) is 24.0 Å². The molecule has 3 aliphatic rings. The van der Waals surface area contributed by atoms with Crippen molar-refractivity contribution in [1.29, 1.82) is 0 Å². The summed E-state index contributed by atoms with van der Waals surface area (Å²) in [5.74, 6) is 1.47. The second-order valence-electron chi connectivity index (χ2n) is 14.7. The van der Waals surface area contributed by atoms with E-state index in [0.29, 0.717) is 52.2 Å². The molecule has 52 heavy (non-hydrogen) atoms. The first-order valence-electron chi connectivity index (χ1n) is 19.5. The molecule has 0 aromatic rings. The van der Waals surface area contributed by atoms with Crippen LogP contribution < -0.4 is 21.3 Å². The fourth-order valence-corrected chi connectivity index (χ4v) is 5.29. The summed E-state index contributed by atoms with van der Waals surface area (Å²) in [5, 5.41) is 11.5. The molecule has 0 bridgehead atoms. The second kappa shape index (κ2) is 31.5. The molecule has 4 unspecified atom stereocenters. The largest absolute Gasteiger partial charge is 0.384 e. The van der Waals surface area contributed by atoms with Crippen LogP contribution in [0, 0.1) is 5.41 Å². The standard InChI is InChI=1S/C14H24N3OP.C13H24N2O3.C6H12.C4H7NO.C3H8/c1-10(17-11(2)14(3,4)5)8-16-13(18)12-9-19-7-6-15-12;1-5-7-11(10(3)17)14-13(18)12(8-6-2)15(4)9-16;1-2-4-6-5-3-1;6-3-5-4-1-2-4;1-3-2/h6,9,11,17,19H,1,7-8H2,2-5H3,(H,16,18);9,11-12H,5-8H2,1-4H3,(H,14,18);1-6H2;3-4H,1-2H2,(H,5,6);3H2,1-2H3. The lowest BCUT2D eigenvalue weighted by Gasteiger charge is -2.29. The molecular weight excluding hydrogens is 675 g/mol. The first kappa shape index (κ1) is 51.0. The molecule has 4 atom stereocenters. The summed E-state index contributed by atoms with van der Waals surface area (Å²) < 4.78 is 0. The Hall–Kier alpha value is -3.07. The average Bonchev–Trinajstić information content (AvgIpc) is 3.95. The van der Waals surface area contributed by atoms with E-state index in [1.54, 1.807) is 13.3 Å². The van der Waals surface area contributed by atoms with Crippen molar-refractivity contribution >= 4 is 45.2 Å². The van der Waals surface area contributed by atoms with Crippen LogP contribution in [0.1, 0.15) is 146 Å². The molecule has 1 aliphatic heterocycles. The van der Waals surface area contributed by atoms with Gasteiger partial charge in [-0.05, 0) is 50.8 Å². The van der Waals surface area contributed by atoms with Crippen molar-refractivity contribution in [2.24, 2.45) is 10.4 Å². The third-order valence-electron chi connectivity index (χ3n) is 8.38. The minimum atomic E-state index is -0.494. The number of amides is 4. The first-order valence-corrected chi connectivity index (χ1v) is 20.8. The highest BCUT2D eigenvalue weighted by atomic mass is 31.1. The molecule has 300 valence electrons. The maximum absolute atomic E-state index is 12.1. The smallest absolute Gasteiger partial charge is 0.270 e. The fraction of sp³-hybridized carbons (Fsp3) is 0.750. The minimum Gasteiger partial charge on any atom is -0.384 e. The molecule has 3 rings (SSSR count). The zero-order valence-electron chi connectivity index (χ0n) is 34.4. The summed E-state index contributed by atoms with van der Waals surface area (Å²) in [7, 11) is 2.23. The van der Waals surface area contributed by atoms with Crippen molar-refractivity contribution in [2.45, 2.75) is 170 Å². The van der Waals surface area contributed by atoms with Gasteiger partial charge in [-0.15, -0.1) is 0 Å². The van der Waals surface area contributed by atoms with Gasteiger partial charge in [0, 0.05) is 37.2 Å².